The van der Waals surface area contributed by atoms with Gasteiger partial charge in [-0.2, -0.15) is 0 Å². The van der Waals surface area contributed by atoms with Crippen molar-refractivity contribution < 1.29 is 46.9 Å². The molecule has 4 fully saturated rings. The van der Waals surface area contributed by atoms with Gasteiger partial charge >= 0.3 is 12.1 Å². The molecule has 9 atom stereocenters. The fraction of sp³-hybridized carbons (Fsp3) is 0.759. The van der Waals surface area contributed by atoms with Crippen molar-refractivity contribution in [3.05, 3.63) is 23.8 Å². The molecular weight excluding hydrogens is 517 g/mol. The number of hydrogen-bond donors (Lipinski definition) is 1. The van der Waals surface area contributed by atoms with Crippen molar-refractivity contribution in [3.8, 4) is 0 Å². The van der Waals surface area contributed by atoms with Gasteiger partial charge in [0.25, 0.3) is 0 Å². The van der Waals surface area contributed by atoms with E-state index in [1.807, 2.05) is 0 Å². The number of rotatable bonds is 5. The molecule has 5 rings (SSSR count). The predicted octanol–water partition coefficient (Wildman–Crippen LogP) is 5.10. The number of ketones is 1. The second kappa shape index (κ2) is 9.63. The number of allylic oxidation sites excluding steroid dienone is 4. The fourth-order valence-corrected chi connectivity index (χ4v) is 8.90. The van der Waals surface area contributed by atoms with Gasteiger partial charge in [-0.15, -0.1) is 0 Å². The number of carbonyl (C=O) groups is 3. The molecule has 0 spiro atoms. The van der Waals surface area contributed by atoms with Crippen LogP contribution in [0.3, 0.4) is 0 Å². The summed E-state index contributed by atoms with van der Waals surface area (Å²) >= 11 is 0. The number of alkyl halides is 3. The van der Waals surface area contributed by atoms with Gasteiger partial charge < -0.3 is 19.3 Å². The average molecular weight is 555 g/mol. The molecule has 5 aliphatic rings. The van der Waals surface area contributed by atoms with E-state index in [-0.39, 0.29) is 37.4 Å². The number of esters is 1. The van der Waals surface area contributed by atoms with E-state index in [1.165, 1.54) is 19.1 Å². The number of halogens is 3. The van der Waals surface area contributed by atoms with Crippen LogP contribution >= 0.6 is 0 Å². The van der Waals surface area contributed by atoms with Crippen LogP contribution in [0.25, 0.3) is 0 Å². The molecule has 7 nitrogen and oxygen atoms in total. The molecule has 216 valence electrons. The Labute approximate surface area is 226 Å². The van der Waals surface area contributed by atoms with Crippen LogP contribution in [0.1, 0.15) is 65.7 Å². The molecule has 5 aliphatic carbocycles. The monoisotopic (exact) mass is 554 g/mol. The lowest BCUT2D eigenvalue weighted by atomic mass is 9.44. The summed E-state index contributed by atoms with van der Waals surface area (Å²) < 4.78 is 62.4. The van der Waals surface area contributed by atoms with Gasteiger partial charge in [0.2, 0.25) is 12.5 Å². The third kappa shape index (κ3) is 3.83. The summed E-state index contributed by atoms with van der Waals surface area (Å²) in [6.45, 7) is 3.34. The summed E-state index contributed by atoms with van der Waals surface area (Å²) in [7, 11) is 0. The van der Waals surface area contributed by atoms with Crippen LogP contribution in [0, 0.1) is 34.5 Å². The Kier molecular flexibility index (Phi) is 6.96. The van der Waals surface area contributed by atoms with E-state index in [0.29, 0.717) is 0 Å². The van der Waals surface area contributed by atoms with Crippen molar-refractivity contribution in [2.24, 2.45) is 34.5 Å². The van der Waals surface area contributed by atoms with E-state index in [4.69, 9.17) is 14.2 Å². The number of ether oxygens (including phenoxy) is 3. The third-order valence-electron chi connectivity index (χ3n) is 10.8. The van der Waals surface area contributed by atoms with Gasteiger partial charge in [-0.05, 0) is 68.6 Å². The zero-order valence-corrected chi connectivity index (χ0v) is 22.6. The lowest BCUT2D eigenvalue weighted by Crippen LogP contribution is -2.71. The van der Waals surface area contributed by atoms with E-state index in [2.05, 4.69) is 0 Å². The maximum absolute atomic E-state index is 17.4. The Morgan fingerprint density at radius 1 is 1.13 bits per heavy atom. The van der Waals surface area contributed by atoms with Crippen LogP contribution < -0.4 is 0 Å². The minimum absolute atomic E-state index is 0.0164. The van der Waals surface area contributed by atoms with Gasteiger partial charge in [0.1, 0.15) is 6.17 Å². The first-order valence-electron chi connectivity index (χ1n) is 13.9. The van der Waals surface area contributed by atoms with E-state index in [0.717, 1.165) is 31.8 Å². The van der Waals surface area contributed by atoms with Crippen LogP contribution in [0.5, 0.6) is 0 Å². The molecule has 0 amide bonds. The molecule has 1 unspecified atom stereocenters. The zero-order valence-electron chi connectivity index (χ0n) is 22.6. The molecule has 0 aromatic heterocycles. The first-order valence-corrected chi connectivity index (χ1v) is 13.9. The lowest BCUT2D eigenvalue weighted by Gasteiger charge is -2.62. The van der Waals surface area contributed by atoms with Crippen molar-refractivity contribution in [3.63, 3.8) is 0 Å². The van der Waals surface area contributed by atoms with Crippen molar-refractivity contribution in [2.75, 3.05) is 13.5 Å². The highest BCUT2D eigenvalue weighted by Crippen LogP contribution is 2.71. The molecule has 0 heterocycles. The number of aliphatic hydroxyl groups is 1. The molecule has 0 radical (unpaired) electrons. The van der Waals surface area contributed by atoms with Crippen LogP contribution in [0.2, 0.25) is 0 Å². The van der Waals surface area contributed by atoms with E-state index in [1.54, 1.807) is 13.8 Å². The van der Waals surface area contributed by atoms with Gasteiger partial charge in [0.15, 0.2) is 11.5 Å². The minimum Gasteiger partial charge on any atom is -0.434 e. The van der Waals surface area contributed by atoms with Gasteiger partial charge in [-0.3, -0.25) is 4.79 Å². The number of fused-ring (bicyclic) bond motifs is 5. The van der Waals surface area contributed by atoms with Crippen LogP contribution in [0.15, 0.2) is 23.8 Å². The third-order valence-corrected chi connectivity index (χ3v) is 10.8. The quantitative estimate of drug-likeness (QED) is 0.472. The Morgan fingerprint density at radius 3 is 2.49 bits per heavy atom. The highest BCUT2D eigenvalue weighted by atomic mass is 19.1. The Morgan fingerprint density at radius 2 is 1.82 bits per heavy atom. The Hall–Kier alpha value is -2.36. The molecule has 4 saturated carbocycles. The van der Waals surface area contributed by atoms with E-state index in [9.17, 15) is 23.9 Å². The van der Waals surface area contributed by atoms with Crippen molar-refractivity contribution in [2.45, 2.75) is 89.3 Å². The normalized spacial score (nSPS) is 45.2. The number of hydrogen-bond acceptors (Lipinski definition) is 7. The molecule has 0 aromatic carbocycles. The van der Waals surface area contributed by atoms with E-state index >= 15 is 8.78 Å². The largest absolute Gasteiger partial charge is 0.509 e. The van der Waals surface area contributed by atoms with Crippen LogP contribution in [-0.2, 0) is 23.8 Å². The molecule has 1 N–H and O–H groups in total. The summed E-state index contributed by atoms with van der Waals surface area (Å²) in [5, 5.41) is 11.5. The first-order chi connectivity index (χ1) is 18.3. The average Bonchev–Trinajstić information content (AvgIpc) is 3.47. The molecule has 0 aromatic rings. The summed E-state index contributed by atoms with van der Waals surface area (Å²) in [5.74, 6) is -4.01. The second-order valence-corrected chi connectivity index (χ2v) is 12.6. The standard InChI is InChI=1S/C29H37F3O7/c1-16-10-19-20-12-22(31)21-11-18(33)8-9-26(21,2)28(20,32)23(34)13-27(19,3)29(16,24(35)38-15-30)39-25(36)37-14-17-6-4-5-7-17/h8-9,11,16-17,19-20,22-23,34H,4-7,10,12-15H2,1-3H3/t16-,19+,20+,22+,23+,26+,27+,28?,29-/m1/s1. The Bertz CT molecular complexity index is 1100. The van der Waals surface area contributed by atoms with Crippen LogP contribution in [-0.4, -0.2) is 60.0 Å². The van der Waals surface area contributed by atoms with E-state index < -0.39 is 76.9 Å². The predicted molar refractivity (Wildman–Crippen MR) is 132 cm³/mol. The zero-order chi connectivity index (χ0) is 28.4. The Balaban J connectivity index is 1.53. The molecule has 0 aliphatic heterocycles. The summed E-state index contributed by atoms with van der Waals surface area (Å²) in [6.07, 6.45) is 2.48. The fourth-order valence-electron chi connectivity index (χ4n) is 8.90. The van der Waals surface area contributed by atoms with Gasteiger partial charge in [0.05, 0.1) is 12.7 Å². The minimum atomic E-state index is -2.37. The summed E-state index contributed by atoms with van der Waals surface area (Å²) in [6, 6.07) is 0. The highest BCUT2D eigenvalue weighted by molar-refractivity contribution is 6.01. The van der Waals surface area contributed by atoms with Crippen molar-refractivity contribution >= 4 is 17.9 Å². The van der Waals surface area contributed by atoms with Gasteiger partial charge in [-0.25, -0.2) is 22.8 Å². The SMILES string of the molecule is C[C@@H]1C[C@H]2[C@@H]3C[C@H](F)C4=CC(=O)C=C[C@]4(C)C3(F)[C@@H](O)C[C@]2(C)[C@]1(OC(=O)OCC1CCCC1)C(=O)OCF. The molecular formula is C29H37F3O7. The van der Waals surface area contributed by atoms with Crippen molar-refractivity contribution in [1.82, 2.24) is 0 Å². The maximum Gasteiger partial charge on any atom is 0.509 e. The molecule has 0 bridgehead atoms. The number of aliphatic hydroxyl groups excluding tert-OH is 1. The topological polar surface area (TPSA) is 99.1 Å². The highest BCUT2D eigenvalue weighted by Gasteiger charge is 2.79. The second-order valence-electron chi connectivity index (χ2n) is 12.6. The summed E-state index contributed by atoms with van der Waals surface area (Å²) in [4.78, 5) is 38.5. The number of carbonyl (C=O) groups excluding carboxylic acids is 3. The van der Waals surface area contributed by atoms with Gasteiger partial charge in [0, 0.05) is 22.7 Å². The molecule has 10 heteroatoms. The summed E-state index contributed by atoms with van der Waals surface area (Å²) in [5.41, 5.74) is -7.49. The first kappa shape index (κ1) is 28.2. The lowest BCUT2D eigenvalue weighted by molar-refractivity contribution is -0.235. The molecule has 0 saturated heterocycles. The van der Waals surface area contributed by atoms with Crippen molar-refractivity contribution in [1.29, 1.82) is 0 Å². The van der Waals surface area contributed by atoms with Gasteiger partial charge in [-0.1, -0.05) is 32.8 Å². The van der Waals surface area contributed by atoms with Crippen LogP contribution in [0.4, 0.5) is 18.0 Å². The maximum atomic E-state index is 17.4. The smallest absolute Gasteiger partial charge is 0.434 e. The molecule has 39 heavy (non-hydrogen) atoms.